The second-order valence-electron chi connectivity index (χ2n) is 14.8. The number of hydrogen-bond donors (Lipinski definition) is 8. The maximum atomic E-state index is 13.7. The van der Waals surface area contributed by atoms with E-state index in [0.29, 0.717) is 18.4 Å². The minimum absolute atomic E-state index is 0.0235. The topological polar surface area (TPSA) is 258 Å². The van der Waals surface area contributed by atoms with Crippen LogP contribution in [-0.2, 0) is 46.4 Å². The molecule has 1 aliphatic rings. The summed E-state index contributed by atoms with van der Waals surface area (Å²) in [6, 6.07) is 7.53. The van der Waals surface area contributed by atoms with Crippen LogP contribution in [0.1, 0.15) is 70.9 Å². The van der Waals surface area contributed by atoms with Gasteiger partial charge in [-0.1, -0.05) is 70.2 Å². The van der Waals surface area contributed by atoms with Crippen LogP contribution in [0.4, 0.5) is 0 Å². The Hall–Kier alpha value is -5.51. The minimum atomic E-state index is -1.67. The number of phenols is 1. The van der Waals surface area contributed by atoms with Gasteiger partial charge in [0.25, 0.3) is 0 Å². The summed E-state index contributed by atoms with van der Waals surface area (Å²) in [5.74, 6) is -6.64. The molecule has 0 aromatic heterocycles. The molecule has 55 heavy (non-hydrogen) atoms. The number of benzene rings is 2. The molecule has 6 atom stereocenters. The van der Waals surface area contributed by atoms with Gasteiger partial charge in [0.2, 0.25) is 29.5 Å². The van der Waals surface area contributed by atoms with Crippen molar-refractivity contribution in [1.82, 2.24) is 26.2 Å². The van der Waals surface area contributed by atoms with E-state index in [0.717, 1.165) is 5.56 Å². The number of carboxylic acid groups (broad SMARTS) is 2. The number of carboxylic acids is 2. The van der Waals surface area contributed by atoms with E-state index < -0.39 is 84.1 Å². The number of hydrogen-bond acceptors (Lipinski definition) is 9. The molecule has 16 heteroatoms. The predicted molar refractivity (Wildman–Crippen MR) is 201 cm³/mol. The second-order valence-corrected chi connectivity index (χ2v) is 14.8. The highest BCUT2D eigenvalue weighted by Gasteiger charge is 2.39. The molecule has 1 fully saturated rings. The van der Waals surface area contributed by atoms with Crippen molar-refractivity contribution in [3.8, 4) is 5.75 Å². The van der Waals surface area contributed by atoms with Crippen molar-refractivity contribution in [2.45, 2.75) is 109 Å². The van der Waals surface area contributed by atoms with Gasteiger partial charge in [-0.3, -0.25) is 28.8 Å². The number of carbonyl (C=O) groups is 7. The van der Waals surface area contributed by atoms with E-state index in [4.69, 9.17) is 5.73 Å². The molecule has 300 valence electrons. The summed E-state index contributed by atoms with van der Waals surface area (Å²) in [6.45, 7) is 7.44. The van der Waals surface area contributed by atoms with Crippen LogP contribution in [-0.4, -0.2) is 104 Å². The SMILES string of the molecule is CC(C)CC(NC(=O)C(CC(=O)O)NC(=O)C(CC(C)C)NC(=O)C1CCCN1C(=O)C(N)Cc1ccc(O)cc1)C(=O)NC(Cc1ccccc1)C(=O)O. The zero-order valence-electron chi connectivity index (χ0n) is 31.7. The van der Waals surface area contributed by atoms with Crippen molar-refractivity contribution in [2.24, 2.45) is 17.6 Å². The lowest BCUT2D eigenvalue weighted by molar-refractivity contribution is -0.143. The summed E-state index contributed by atoms with van der Waals surface area (Å²) in [5.41, 5.74) is 7.61. The first-order valence-electron chi connectivity index (χ1n) is 18.5. The molecule has 6 unspecified atom stereocenters. The van der Waals surface area contributed by atoms with Crippen LogP contribution in [0.5, 0.6) is 5.75 Å². The van der Waals surface area contributed by atoms with Gasteiger partial charge in [0.1, 0.15) is 36.0 Å². The third-order valence-corrected chi connectivity index (χ3v) is 9.14. The average Bonchev–Trinajstić information content (AvgIpc) is 3.61. The van der Waals surface area contributed by atoms with Crippen LogP contribution in [0.25, 0.3) is 0 Å². The van der Waals surface area contributed by atoms with E-state index in [1.54, 1.807) is 70.2 Å². The lowest BCUT2D eigenvalue weighted by Crippen LogP contribution is -2.59. The number of amides is 5. The maximum absolute atomic E-state index is 13.7. The number of nitrogens with two attached hydrogens (primary N) is 1. The molecule has 0 bridgehead atoms. The fourth-order valence-corrected chi connectivity index (χ4v) is 6.41. The van der Waals surface area contributed by atoms with Crippen molar-refractivity contribution in [3.05, 3.63) is 65.7 Å². The van der Waals surface area contributed by atoms with Crippen LogP contribution in [0.2, 0.25) is 0 Å². The summed E-state index contributed by atoms with van der Waals surface area (Å²) in [7, 11) is 0. The van der Waals surface area contributed by atoms with Crippen LogP contribution < -0.4 is 27.0 Å². The molecule has 5 amide bonds. The number of likely N-dealkylation sites (tertiary alicyclic amines) is 1. The van der Waals surface area contributed by atoms with E-state index in [-0.39, 0.29) is 49.8 Å². The predicted octanol–water partition coefficient (Wildman–Crippen LogP) is 1.09. The first kappa shape index (κ1) is 43.9. The van der Waals surface area contributed by atoms with Crippen molar-refractivity contribution in [2.75, 3.05) is 6.54 Å². The molecule has 1 heterocycles. The minimum Gasteiger partial charge on any atom is -0.508 e. The molecule has 0 radical (unpaired) electrons. The monoisotopic (exact) mass is 766 g/mol. The van der Waals surface area contributed by atoms with Crippen molar-refractivity contribution in [3.63, 3.8) is 0 Å². The Morgan fingerprint density at radius 1 is 0.709 bits per heavy atom. The molecule has 1 aliphatic heterocycles. The highest BCUT2D eigenvalue weighted by molar-refractivity contribution is 5.97. The third kappa shape index (κ3) is 14.0. The Bertz CT molecular complexity index is 1650. The largest absolute Gasteiger partial charge is 0.508 e. The van der Waals surface area contributed by atoms with E-state index in [1.165, 1.54) is 17.0 Å². The molecular weight excluding hydrogens is 712 g/mol. The van der Waals surface area contributed by atoms with Crippen LogP contribution in [0, 0.1) is 11.8 Å². The van der Waals surface area contributed by atoms with Gasteiger partial charge in [-0.25, -0.2) is 4.79 Å². The smallest absolute Gasteiger partial charge is 0.326 e. The van der Waals surface area contributed by atoms with Crippen molar-refractivity contribution < 1.29 is 48.9 Å². The fourth-order valence-electron chi connectivity index (χ4n) is 6.41. The standard InChI is InChI=1S/C39H54N6O10/c1-22(2)17-28(35(50)44-31(39(54)55)20-24-9-6-5-7-10-24)41-36(51)30(21-33(47)48)42-34(49)29(18-23(3)4)43-37(52)32-11-8-16-45(32)38(53)27(40)19-25-12-14-26(46)15-13-25/h5-7,9-10,12-15,22-23,27-32,46H,8,11,16-21,40H2,1-4H3,(H,41,51)(H,42,49)(H,43,52)(H,44,50)(H,47,48)(H,54,55). The third-order valence-electron chi connectivity index (χ3n) is 9.14. The lowest BCUT2D eigenvalue weighted by Gasteiger charge is -2.29. The average molecular weight is 767 g/mol. The summed E-state index contributed by atoms with van der Waals surface area (Å²) in [6.07, 6.45) is 0.304. The molecule has 0 saturated carbocycles. The first-order valence-corrected chi connectivity index (χ1v) is 18.5. The molecular formula is C39H54N6O10. The van der Waals surface area contributed by atoms with Crippen molar-refractivity contribution >= 4 is 41.5 Å². The summed E-state index contributed by atoms with van der Waals surface area (Å²) in [5, 5.41) is 39.1. The first-order chi connectivity index (χ1) is 25.9. The summed E-state index contributed by atoms with van der Waals surface area (Å²) in [4.78, 5) is 93.0. The number of rotatable bonds is 20. The highest BCUT2D eigenvalue weighted by atomic mass is 16.4. The summed E-state index contributed by atoms with van der Waals surface area (Å²) < 4.78 is 0. The Morgan fingerprint density at radius 3 is 1.76 bits per heavy atom. The zero-order chi connectivity index (χ0) is 40.8. The fraction of sp³-hybridized carbons (Fsp3) is 0.513. The number of nitrogens with one attached hydrogen (secondary N) is 4. The number of phenolic OH excluding ortho intramolecular Hbond substituents is 1. The number of aromatic hydroxyl groups is 1. The van der Waals surface area contributed by atoms with Gasteiger partial charge >= 0.3 is 11.9 Å². The van der Waals surface area contributed by atoms with Gasteiger partial charge in [-0.15, -0.1) is 0 Å². The van der Waals surface area contributed by atoms with E-state index in [1.807, 2.05) is 0 Å². The Balaban J connectivity index is 1.73. The van der Waals surface area contributed by atoms with Gasteiger partial charge in [0, 0.05) is 13.0 Å². The molecule has 16 nitrogen and oxygen atoms in total. The Labute approximate surface area is 320 Å². The summed E-state index contributed by atoms with van der Waals surface area (Å²) >= 11 is 0. The highest BCUT2D eigenvalue weighted by Crippen LogP contribution is 2.21. The Morgan fingerprint density at radius 2 is 1.22 bits per heavy atom. The molecule has 3 rings (SSSR count). The quantitative estimate of drug-likeness (QED) is 0.0946. The van der Waals surface area contributed by atoms with Crippen LogP contribution in [0.15, 0.2) is 54.6 Å². The van der Waals surface area contributed by atoms with Crippen LogP contribution >= 0.6 is 0 Å². The van der Waals surface area contributed by atoms with Gasteiger partial charge in [-0.2, -0.15) is 0 Å². The molecule has 0 spiro atoms. The Kier molecular flexibility index (Phi) is 16.6. The second kappa shape index (κ2) is 20.8. The van der Waals surface area contributed by atoms with Gasteiger partial charge < -0.3 is 47.2 Å². The van der Waals surface area contributed by atoms with E-state index >= 15 is 0 Å². The lowest BCUT2D eigenvalue weighted by atomic mass is 10.00. The zero-order valence-corrected chi connectivity index (χ0v) is 31.7. The molecule has 1 saturated heterocycles. The molecule has 2 aromatic carbocycles. The number of aliphatic carboxylic acids is 2. The van der Waals surface area contributed by atoms with Crippen LogP contribution in [0.3, 0.4) is 0 Å². The normalized spacial score (nSPS) is 16.7. The number of nitrogens with zero attached hydrogens (tertiary/aromatic N) is 1. The molecule has 2 aromatic rings. The van der Waals surface area contributed by atoms with Gasteiger partial charge in [-0.05, 0) is 67.2 Å². The van der Waals surface area contributed by atoms with Gasteiger partial charge in [0.15, 0.2) is 0 Å². The van der Waals surface area contributed by atoms with E-state index in [2.05, 4.69) is 21.3 Å². The molecule has 9 N–H and O–H groups in total. The van der Waals surface area contributed by atoms with E-state index in [9.17, 15) is 48.9 Å². The molecule has 0 aliphatic carbocycles. The number of carbonyl (C=O) groups excluding carboxylic acids is 5. The van der Waals surface area contributed by atoms with Crippen molar-refractivity contribution in [1.29, 1.82) is 0 Å². The van der Waals surface area contributed by atoms with Gasteiger partial charge in [0.05, 0.1) is 12.5 Å². The maximum Gasteiger partial charge on any atom is 0.326 e.